The van der Waals surface area contributed by atoms with Crippen molar-refractivity contribution < 1.29 is 19.4 Å². The van der Waals surface area contributed by atoms with E-state index in [1.165, 1.54) is 11.1 Å². The minimum absolute atomic E-state index is 0.00337. The maximum absolute atomic E-state index is 13.2. The van der Waals surface area contributed by atoms with E-state index < -0.39 is 0 Å². The number of nitrogens with zero attached hydrogens (tertiary/aromatic N) is 3. The second-order valence-electron chi connectivity index (χ2n) is 9.55. The summed E-state index contributed by atoms with van der Waals surface area (Å²) in [6.45, 7) is 2.19. The Bertz CT molecular complexity index is 1360. The van der Waals surface area contributed by atoms with Crippen LogP contribution in [0.4, 0.5) is 5.95 Å². The van der Waals surface area contributed by atoms with Crippen molar-refractivity contribution in [2.75, 3.05) is 25.6 Å². The number of carbonyl (C=O) groups is 2. The Morgan fingerprint density at radius 1 is 1.27 bits per heavy atom. The van der Waals surface area contributed by atoms with E-state index >= 15 is 0 Å². The zero-order valence-electron chi connectivity index (χ0n) is 20.6. The second kappa shape index (κ2) is 9.99. The number of anilines is 1. The molecule has 192 valence electrons. The summed E-state index contributed by atoms with van der Waals surface area (Å²) in [5, 5.41) is 16.1. The van der Waals surface area contributed by atoms with Gasteiger partial charge in [0.1, 0.15) is 12.3 Å². The van der Waals surface area contributed by atoms with Gasteiger partial charge in [-0.3, -0.25) is 9.59 Å². The summed E-state index contributed by atoms with van der Waals surface area (Å²) in [7, 11) is 1.60. The molecule has 2 heterocycles. The van der Waals surface area contributed by atoms with Crippen LogP contribution in [-0.2, 0) is 11.3 Å². The third-order valence-electron chi connectivity index (χ3n) is 6.85. The minimum Gasteiger partial charge on any atom is -0.497 e. The Hall–Kier alpha value is -3.69. The SMILES string of the molecule is COc1cccc([C@@H](C)NC(=O)CN2Cc3ccc(-c4nc(NC5(CO)CC5)ncc4Cl)cc3C2=O)c1. The first kappa shape index (κ1) is 25.0. The summed E-state index contributed by atoms with van der Waals surface area (Å²) in [4.78, 5) is 36.2. The fourth-order valence-corrected chi connectivity index (χ4v) is 4.63. The normalized spacial score (nSPS) is 16.2. The van der Waals surface area contributed by atoms with Gasteiger partial charge in [0.2, 0.25) is 11.9 Å². The first-order valence-electron chi connectivity index (χ1n) is 12.1. The Morgan fingerprint density at radius 3 is 2.81 bits per heavy atom. The highest BCUT2D eigenvalue weighted by atomic mass is 35.5. The number of amides is 2. The fraction of sp³-hybridized carbons (Fsp3) is 0.333. The number of nitrogens with one attached hydrogen (secondary N) is 2. The molecule has 0 bridgehead atoms. The van der Waals surface area contributed by atoms with Crippen LogP contribution in [-0.4, -0.2) is 57.6 Å². The monoisotopic (exact) mass is 521 g/mol. The van der Waals surface area contributed by atoms with Crippen molar-refractivity contribution in [1.82, 2.24) is 20.2 Å². The summed E-state index contributed by atoms with van der Waals surface area (Å²) in [6.07, 6.45) is 3.20. The van der Waals surface area contributed by atoms with Gasteiger partial charge in [-0.15, -0.1) is 0 Å². The fourth-order valence-electron chi connectivity index (χ4n) is 4.43. The number of halogens is 1. The number of fused-ring (bicyclic) bond motifs is 1. The Labute approximate surface area is 219 Å². The minimum atomic E-state index is -0.371. The molecule has 2 aliphatic rings. The average Bonchev–Trinajstić information content (AvgIpc) is 3.62. The number of hydrogen-bond donors (Lipinski definition) is 3. The van der Waals surface area contributed by atoms with Gasteiger partial charge in [0.05, 0.1) is 42.2 Å². The number of aliphatic hydroxyl groups is 1. The number of carbonyl (C=O) groups excluding carboxylic acids is 2. The maximum Gasteiger partial charge on any atom is 0.254 e. The molecule has 9 nitrogen and oxygen atoms in total. The molecule has 0 spiro atoms. The van der Waals surface area contributed by atoms with Gasteiger partial charge in [-0.25, -0.2) is 9.97 Å². The van der Waals surface area contributed by atoms with Crippen LogP contribution < -0.4 is 15.4 Å². The summed E-state index contributed by atoms with van der Waals surface area (Å²) in [5.41, 5.74) is 3.06. The molecule has 3 N–H and O–H groups in total. The average molecular weight is 522 g/mol. The molecular formula is C27H28ClN5O4. The van der Waals surface area contributed by atoms with Crippen LogP contribution in [0, 0.1) is 0 Å². The van der Waals surface area contributed by atoms with Crippen LogP contribution in [0.5, 0.6) is 5.75 Å². The van der Waals surface area contributed by atoms with E-state index in [4.69, 9.17) is 16.3 Å². The molecule has 0 radical (unpaired) electrons. The zero-order valence-corrected chi connectivity index (χ0v) is 21.4. The number of aliphatic hydroxyl groups excluding tert-OH is 1. The van der Waals surface area contributed by atoms with Crippen LogP contribution in [0.1, 0.15) is 47.3 Å². The Balaban J connectivity index is 1.28. The Kier molecular flexibility index (Phi) is 6.74. The lowest BCUT2D eigenvalue weighted by Gasteiger charge is -2.19. The number of hydrogen-bond acceptors (Lipinski definition) is 7. The van der Waals surface area contributed by atoms with Crippen LogP contribution in [0.3, 0.4) is 0 Å². The highest BCUT2D eigenvalue weighted by molar-refractivity contribution is 6.33. The van der Waals surface area contributed by atoms with Crippen molar-refractivity contribution in [3.63, 3.8) is 0 Å². The molecule has 1 aromatic heterocycles. The van der Waals surface area contributed by atoms with Crippen molar-refractivity contribution in [2.24, 2.45) is 0 Å². The van der Waals surface area contributed by atoms with Crippen molar-refractivity contribution in [2.45, 2.75) is 37.9 Å². The van der Waals surface area contributed by atoms with Gasteiger partial charge in [0.15, 0.2) is 0 Å². The number of benzene rings is 2. The lowest BCUT2D eigenvalue weighted by Crippen LogP contribution is -2.38. The topological polar surface area (TPSA) is 117 Å². The third kappa shape index (κ3) is 5.23. The smallest absolute Gasteiger partial charge is 0.254 e. The number of methoxy groups -OCH3 is 1. The van der Waals surface area contributed by atoms with Gasteiger partial charge in [0, 0.05) is 17.7 Å². The lowest BCUT2D eigenvalue weighted by molar-refractivity contribution is -0.122. The summed E-state index contributed by atoms with van der Waals surface area (Å²) < 4.78 is 5.26. The first-order chi connectivity index (χ1) is 17.8. The number of ether oxygens (including phenoxy) is 1. The quantitative estimate of drug-likeness (QED) is 0.394. The van der Waals surface area contributed by atoms with Crippen LogP contribution in [0.2, 0.25) is 5.02 Å². The highest BCUT2D eigenvalue weighted by Gasteiger charge is 2.42. The molecule has 1 aliphatic carbocycles. The van der Waals surface area contributed by atoms with Crippen molar-refractivity contribution >= 4 is 29.4 Å². The molecule has 5 rings (SSSR count). The molecular weight excluding hydrogens is 494 g/mol. The van der Waals surface area contributed by atoms with Crippen LogP contribution in [0.15, 0.2) is 48.7 Å². The molecule has 3 aromatic rings. The number of aromatic nitrogens is 2. The van der Waals surface area contributed by atoms with E-state index in [1.54, 1.807) is 13.2 Å². The molecule has 2 aromatic carbocycles. The van der Waals surface area contributed by atoms with Crippen molar-refractivity contribution in [3.05, 3.63) is 70.4 Å². The molecule has 0 unspecified atom stereocenters. The van der Waals surface area contributed by atoms with E-state index in [9.17, 15) is 14.7 Å². The van der Waals surface area contributed by atoms with E-state index in [2.05, 4.69) is 20.6 Å². The molecule has 1 fully saturated rings. The van der Waals surface area contributed by atoms with Crippen LogP contribution >= 0.6 is 11.6 Å². The predicted molar refractivity (Wildman–Crippen MR) is 139 cm³/mol. The molecule has 1 atom stereocenters. The highest BCUT2D eigenvalue weighted by Crippen LogP contribution is 2.38. The largest absolute Gasteiger partial charge is 0.497 e. The zero-order chi connectivity index (χ0) is 26.2. The molecule has 2 amide bonds. The molecule has 1 saturated carbocycles. The molecule has 37 heavy (non-hydrogen) atoms. The summed E-state index contributed by atoms with van der Waals surface area (Å²) in [5.74, 6) is 0.624. The lowest BCUT2D eigenvalue weighted by atomic mass is 10.0. The van der Waals surface area contributed by atoms with Gasteiger partial charge in [-0.1, -0.05) is 35.9 Å². The molecule has 1 aliphatic heterocycles. The van der Waals surface area contributed by atoms with E-state index in [0.29, 0.717) is 40.1 Å². The van der Waals surface area contributed by atoms with E-state index in [-0.39, 0.29) is 36.5 Å². The van der Waals surface area contributed by atoms with E-state index in [1.807, 2.05) is 43.3 Å². The van der Waals surface area contributed by atoms with Gasteiger partial charge in [-0.2, -0.15) is 0 Å². The summed E-state index contributed by atoms with van der Waals surface area (Å²) >= 11 is 6.40. The third-order valence-corrected chi connectivity index (χ3v) is 7.12. The Morgan fingerprint density at radius 2 is 2.08 bits per heavy atom. The standard InChI is InChI=1S/C27H28ClN5O4/c1-16(17-4-3-5-20(10-17)37-2)30-23(35)14-33-13-19-7-6-18(11-21(19)25(33)36)24-22(28)12-29-26(31-24)32-27(15-34)8-9-27/h3-7,10-12,16,34H,8-9,13-15H2,1-2H3,(H,30,35)(H,29,31,32)/t16-/m1/s1. The number of rotatable bonds is 9. The maximum atomic E-state index is 13.2. The van der Waals surface area contributed by atoms with Gasteiger partial charge >= 0.3 is 0 Å². The first-order valence-corrected chi connectivity index (χ1v) is 12.5. The van der Waals surface area contributed by atoms with Crippen molar-refractivity contribution in [1.29, 1.82) is 0 Å². The van der Waals surface area contributed by atoms with Gasteiger partial charge < -0.3 is 25.4 Å². The van der Waals surface area contributed by atoms with Gasteiger partial charge in [-0.05, 0) is 49.1 Å². The molecule has 0 saturated heterocycles. The van der Waals surface area contributed by atoms with Crippen molar-refractivity contribution in [3.8, 4) is 17.0 Å². The predicted octanol–water partition coefficient (Wildman–Crippen LogP) is 3.58. The summed E-state index contributed by atoms with van der Waals surface area (Å²) in [6, 6.07) is 12.7. The second-order valence-corrected chi connectivity index (χ2v) is 9.96. The van der Waals surface area contributed by atoms with E-state index in [0.717, 1.165) is 24.0 Å². The van der Waals surface area contributed by atoms with Crippen LogP contribution in [0.25, 0.3) is 11.3 Å². The molecule has 10 heteroatoms. The van der Waals surface area contributed by atoms with Gasteiger partial charge in [0.25, 0.3) is 5.91 Å².